The Balaban J connectivity index is 1.09. The van der Waals surface area contributed by atoms with Crippen LogP contribution in [0.25, 0.3) is 88.5 Å². The van der Waals surface area contributed by atoms with Gasteiger partial charge in [-0.2, -0.15) is 0 Å². The predicted octanol–water partition coefficient (Wildman–Crippen LogP) is 12.3. The summed E-state index contributed by atoms with van der Waals surface area (Å²) in [6.45, 7) is 0. The number of allylic oxidation sites excluding steroid dienone is 4. The van der Waals surface area contributed by atoms with Crippen molar-refractivity contribution < 1.29 is 4.42 Å². The van der Waals surface area contributed by atoms with Crippen LogP contribution in [0.5, 0.6) is 0 Å². The van der Waals surface area contributed by atoms with E-state index in [0.29, 0.717) is 11.6 Å². The van der Waals surface area contributed by atoms with Crippen LogP contribution in [0.2, 0.25) is 0 Å². The number of fused-ring (bicyclic) bond motifs is 5. The summed E-state index contributed by atoms with van der Waals surface area (Å²) in [6.07, 6.45) is 9.35. The lowest BCUT2D eigenvalue weighted by Crippen LogP contribution is -2.08. The van der Waals surface area contributed by atoms with Gasteiger partial charge in [0.15, 0.2) is 11.6 Å². The molecule has 240 valence electrons. The van der Waals surface area contributed by atoms with Crippen LogP contribution in [0.1, 0.15) is 18.2 Å². The van der Waals surface area contributed by atoms with E-state index in [2.05, 4.69) is 158 Å². The van der Waals surface area contributed by atoms with E-state index in [9.17, 15) is 0 Å². The fourth-order valence-corrected chi connectivity index (χ4v) is 7.42. The molecule has 51 heavy (non-hydrogen) atoms. The van der Waals surface area contributed by atoms with Crippen molar-refractivity contribution in [2.24, 2.45) is 0 Å². The van der Waals surface area contributed by atoms with E-state index in [-0.39, 0.29) is 5.92 Å². The van der Waals surface area contributed by atoms with Crippen LogP contribution in [-0.2, 0) is 0 Å². The lowest BCUT2D eigenvalue weighted by atomic mass is 9.97. The summed E-state index contributed by atoms with van der Waals surface area (Å²) in [4.78, 5) is 15.3. The lowest BCUT2D eigenvalue weighted by molar-refractivity contribution is 0.669. The number of furan rings is 1. The minimum atomic E-state index is 0.0657. The van der Waals surface area contributed by atoms with Crippen LogP contribution >= 0.6 is 0 Å². The van der Waals surface area contributed by atoms with Gasteiger partial charge in [0.25, 0.3) is 0 Å². The summed E-state index contributed by atoms with van der Waals surface area (Å²) in [5, 5.41) is 6.94. The molecule has 0 N–H and O–H groups in total. The molecule has 1 aliphatic rings. The highest BCUT2D eigenvalue weighted by molar-refractivity contribution is 6.13. The van der Waals surface area contributed by atoms with Gasteiger partial charge in [0.05, 0.1) is 0 Å². The molecule has 0 amide bonds. The summed E-state index contributed by atoms with van der Waals surface area (Å²) in [5.41, 5.74) is 8.15. The zero-order chi connectivity index (χ0) is 33.7. The summed E-state index contributed by atoms with van der Waals surface area (Å²) in [6, 6.07) is 51.2. The Morgan fingerprint density at radius 1 is 0.471 bits per heavy atom. The van der Waals surface area contributed by atoms with Gasteiger partial charge < -0.3 is 4.42 Å². The Morgan fingerprint density at radius 3 is 2.08 bits per heavy atom. The zero-order valence-corrected chi connectivity index (χ0v) is 27.7. The maximum atomic E-state index is 6.54. The van der Waals surface area contributed by atoms with Crippen molar-refractivity contribution in [1.82, 2.24) is 15.0 Å². The largest absolute Gasteiger partial charge is 0.456 e. The Bertz CT molecular complexity index is 2840. The molecule has 0 saturated carbocycles. The first kappa shape index (κ1) is 29.3. The van der Waals surface area contributed by atoms with Gasteiger partial charge in [0.1, 0.15) is 17.0 Å². The van der Waals surface area contributed by atoms with Gasteiger partial charge in [-0.3, -0.25) is 0 Å². The topological polar surface area (TPSA) is 51.8 Å². The maximum absolute atomic E-state index is 6.54. The normalized spacial score (nSPS) is 14.2. The van der Waals surface area contributed by atoms with E-state index >= 15 is 0 Å². The number of hydrogen-bond donors (Lipinski definition) is 0. The molecule has 1 unspecified atom stereocenters. The molecular formula is C47H31N3O. The third-order valence-electron chi connectivity index (χ3n) is 10.0. The van der Waals surface area contributed by atoms with E-state index in [0.717, 1.165) is 56.4 Å². The Kier molecular flexibility index (Phi) is 6.91. The van der Waals surface area contributed by atoms with Gasteiger partial charge >= 0.3 is 0 Å². The van der Waals surface area contributed by atoms with Crippen LogP contribution in [-0.4, -0.2) is 15.0 Å². The molecule has 4 heteroatoms. The summed E-state index contributed by atoms with van der Waals surface area (Å²) in [5.74, 6) is 2.13. The molecule has 7 aromatic carbocycles. The molecule has 1 aliphatic carbocycles. The molecule has 0 spiro atoms. The molecular weight excluding hydrogens is 623 g/mol. The Morgan fingerprint density at radius 2 is 1.20 bits per heavy atom. The van der Waals surface area contributed by atoms with Gasteiger partial charge in [-0.25, -0.2) is 15.0 Å². The monoisotopic (exact) mass is 653 g/mol. The second-order valence-electron chi connectivity index (χ2n) is 13.2. The third kappa shape index (κ3) is 5.20. The molecule has 9 aromatic rings. The van der Waals surface area contributed by atoms with Crippen molar-refractivity contribution in [2.75, 3.05) is 0 Å². The lowest BCUT2D eigenvalue weighted by Gasteiger charge is -2.15. The molecule has 4 nitrogen and oxygen atoms in total. The molecule has 0 aliphatic heterocycles. The first-order valence-electron chi connectivity index (χ1n) is 17.4. The Hall–Kier alpha value is -6.65. The van der Waals surface area contributed by atoms with Gasteiger partial charge in [0.2, 0.25) is 0 Å². The van der Waals surface area contributed by atoms with E-state index in [1.807, 2.05) is 12.1 Å². The minimum Gasteiger partial charge on any atom is -0.456 e. The average molecular weight is 654 g/mol. The fourth-order valence-electron chi connectivity index (χ4n) is 7.42. The van der Waals surface area contributed by atoms with Crippen molar-refractivity contribution in [3.05, 3.63) is 176 Å². The minimum absolute atomic E-state index is 0.0657. The highest BCUT2D eigenvalue weighted by Gasteiger charge is 2.21. The quantitative estimate of drug-likeness (QED) is 0.185. The van der Waals surface area contributed by atoms with E-state index in [4.69, 9.17) is 19.4 Å². The maximum Gasteiger partial charge on any atom is 0.164 e. The highest BCUT2D eigenvalue weighted by atomic mass is 16.3. The van der Waals surface area contributed by atoms with Crippen LogP contribution in [0.15, 0.2) is 174 Å². The van der Waals surface area contributed by atoms with Crippen molar-refractivity contribution in [3.63, 3.8) is 0 Å². The van der Waals surface area contributed by atoms with E-state index < -0.39 is 0 Å². The average Bonchev–Trinajstić information content (AvgIpc) is 3.59. The number of hydrogen-bond acceptors (Lipinski definition) is 4. The smallest absolute Gasteiger partial charge is 0.164 e. The molecule has 0 fully saturated rings. The molecule has 10 rings (SSSR count). The van der Waals surface area contributed by atoms with Crippen molar-refractivity contribution >= 4 is 43.5 Å². The number of rotatable bonds is 5. The first-order valence-corrected chi connectivity index (χ1v) is 17.4. The molecule has 0 bridgehead atoms. The highest BCUT2D eigenvalue weighted by Crippen LogP contribution is 2.39. The second-order valence-corrected chi connectivity index (χ2v) is 13.2. The standard InChI is InChI=1S/C47H31N3O/c1-2-12-33(13-3-1)45-48-46(34-23-20-31(21-24-34)36-25-22-30-10-4-5-14-35(30)28-36)50-47(49-45)41-18-9-19-42-44(41)40-27-26-37(29-43(40)51-42)39-17-8-15-32-11-6-7-16-38(32)39/h1-12,14-29,33H,13H2. The van der Waals surface area contributed by atoms with Crippen LogP contribution in [0.3, 0.4) is 0 Å². The summed E-state index contributed by atoms with van der Waals surface area (Å²) >= 11 is 0. The molecule has 0 radical (unpaired) electrons. The van der Waals surface area contributed by atoms with Gasteiger partial charge in [-0.15, -0.1) is 0 Å². The summed E-state index contributed by atoms with van der Waals surface area (Å²) < 4.78 is 6.54. The van der Waals surface area contributed by atoms with Crippen molar-refractivity contribution in [2.45, 2.75) is 12.3 Å². The third-order valence-corrected chi connectivity index (χ3v) is 10.0. The van der Waals surface area contributed by atoms with Gasteiger partial charge in [0, 0.05) is 27.8 Å². The second kappa shape index (κ2) is 12.0. The molecule has 0 saturated heterocycles. The van der Waals surface area contributed by atoms with Crippen molar-refractivity contribution in [1.29, 1.82) is 0 Å². The molecule has 1 atom stereocenters. The first-order chi connectivity index (χ1) is 25.2. The molecule has 2 aromatic heterocycles. The van der Waals surface area contributed by atoms with Crippen molar-refractivity contribution in [3.8, 4) is 45.0 Å². The van der Waals surface area contributed by atoms with E-state index in [1.165, 1.54) is 32.7 Å². The van der Waals surface area contributed by atoms with Crippen LogP contribution < -0.4 is 0 Å². The van der Waals surface area contributed by atoms with Crippen LogP contribution in [0.4, 0.5) is 0 Å². The SMILES string of the molecule is C1=CCC(c2nc(-c3ccc(-c4ccc5ccccc5c4)cc3)nc(-c3cccc4oc5cc(-c6cccc7ccccc67)ccc5c34)n2)C=C1. The predicted molar refractivity (Wildman–Crippen MR) is 209 cm³/mol. The van der Waals surface area contributed by atoms with Gasteiger partial charge in [-0.05, 0) is 74.5 Å². The number of aromatic nitrogens is 3. The zero-order valence-electron chi connectivity index (χ0n) is 27.7. The van der Waals surface area contributed by atoms with Gasteiger partial charge in [-0.1, -0.05) is 146 Å². The molecule has 2 heterocycles. The Labute approximate surface area is 295 Å². The summed E-state index contributed by atoms with van der Waals surface area (Å²) in [7, 11) is 0. The number of benzene rings is 7. The van der Waals surface area contributed by atoms with E-state index in [1.54, 1.807) is 0 Å². The van der Waals surface area contributed by atoms with Crippen LogP contribution in [0, 0.1) is 0 Å². The fraction of sp³-hybridized carbons (Fsp3) is 0.0426. The number of nitrogens with zero attached hydrogens (tertiary/aromatic N) is 3.